The van der Waals surface area contributed by atoms with Crippen LogP contribution >= 0.6 is 24.8 Å². The van der Waals surface area contributed by atoms with Gasteiger partial charge in [0.05, 0.1) is 12.7 Å². The molecule has 0 aliphatic carbocycles. The van der Waals surface area contributed by atoms with Crippen LogP contribution in [0.15, 0.2) is 76.7 Å². The lowest BCUT2D eigenvalue weighted by atomic mass is 10.1. The summed E-state index contributed by atoms with van der Waals surface area (Å²) in [7, 11) is 0. The number of aliphatic imine (C=N–C) groups is 2. The van der Waals surface area contributed by atoms with Crippen molar-refractivity contribution in [3.05, 3.63) is 83.4 Å². The minimum absolute atomic E-state index is 0. The Kier molecular flexibility index (Phi) is 10.7. The molecule has 2 aliphatic rings. The van der Waals surface area contributed by atoms with E-state index in [2.05, 4.69) is 69.2 Å². The second kappa shape index (κ2) is 13.9. The lowest BCUT2D eigenvalue weighted by molar-refractivity contribution is 0.299. The summed E-state index contributed by atoms with van der Waals surface area (Å²) >= 11 is 0. The number of benzene rings is 3. The van der Waals surface area contributed by atoms with Crippen LogP contribution in [-0.4, -0.2) is 38.9 Å². The SMILES string of the molecule is Cc1cc(COc2ccc(N3C=NCCC3)cc2)cc(COc2ccc(N3C=NCCC3)cc2)c1.Cl.Cl. The summed E-state index contributed by atoms with van der Waals surface area (Å²) in [5.74, 6) is 1.72. The van der Waals surface area contributed by atoms with Crippen molar-refractivity contribution < 1.29 is 9.47 Å². The van der Waals surface area contributed by atoms with Gasteiger partial charge in [-0.1, -0.05) is 17.7 Å². The van der Waals surface area contributed by atoms with E-state index in [-0.39, 0.29) is 24.8 Å². The van der Waals surface area contributed by atoms with Gasteiger partial charge in [0.15, 0.2) is 0 Å². The number of aryl methyl sites for hydroxylation is 1. The third kappa shape index (κ3) is 7.88. The average molecular weight is 542 g/mol. The van der Waals surface area contributed by atoms with Gasteiger partial charge in [-0.3, -0.25) is 9.98 Å². The Morgan fingerprint density at radius 2 is 1.08 bits per heavy atom. The van der Waals surface area contributed by atoms with Gasteiger partial charge >= 0.3 is 0 Å². The molecule has 0 atom stereocenters. The van der Waals surface area contributed by atoms with Crippen LogP contribution in [0.3, 0.4) is 0 Å². The van der Waals surface area contributed by atoms with Gasteiger partial charge in [-0.25, -0.2) is 0 Å². The summed E-state index contributed by atoms with van der Waals surface area (Å²) < 4.78 is 12.1. The predicted octanol–water partition coefficient (Wildman–Crippen LogP) is 6.47. The van der Waals surface area contributed by atoms with E-state index < -0.39 is 0 Å². The van der Waals surface area contributed by atoms with Gasteiger partial charge < -0.3 is 19.3 Å². The molecule has 3 aromatic carbocycles. The Morgan fingerprint density at radius 3 is 1.46 bits per heavy atom. The van der Waals surface area contributed by atoms with Crippen molar-refractivity contribution in [3.8, 4) is 11.5 Å². The molecule has 0 aromatic heterocycles. The predicted molar refractivity (Wildman–Crippen MR) is 158 cm³/mol. The van der Waals surface area contributed by atoms with Crippen molar-refractivity contribution >= 4 is 48.9 Å². The molecule has 0 N–H and O–H groups in total. The van der Waals surface area contributed by atoms with Gasteiger partial charge in [-0.05, 0) is 85.5 Å². The van der Waals surface area contributed by atoms with Crippen molar-refractivity contribution in [2.45, 2.75) is 33.0 Å². The molecule has 5 rings (SSSR count). The van der Waals surface area contributed by atoms with Crippen LogP contribution < -0.4 is 19.3 Å². The average Bonchev–Trinajstić information content (AvgIpc) is 2.92. The molecular formula is C29H34Cl2N4O2. The molecule has 0 saturated carbocycles. The zero-order valence-electron chi connectivity index (χ0n) is 21.1. The van der Waals surface area contributed by atoms with E-state index in [0.29, 0.717) is 13.2 Å². The van der Waals surface area contributed by atoms with Crippen LogP contribution in [0.4, 0.5) is 11.4 Å². The van der Waals surface area contributed by atoms with Crippen LogP contribution in [0.5, 0.6) is 11.5 Å². The minimum Gasteiger partial charge on any atom is -0.489 e. The zero-order chi connectivity index (χ0) is 23.9. The lowest BCUT2D eigenvalue weighted by Gasteiger charge is -2.22. The van der Waals surface area contributed by atoms with Gasteiger partial charge in [0.25, 0.3) is 0 Å². The highest BCUT2D eigenvalue weighted by Gasteiger charge is 2.09. The number of rotatable bonds is 8. The van der Waals surface area contributed by atoms with Crippen LogP contribution in [0.2, 0.25) is 0 Å². The van der Waals surface area contributed by atoms with Crippen molar-refractivity contribution in [2.75, 3.05) is 36.0 Å². The smallest absolute Gasteiger partial charge is 0.119 e. The number of halogens is 2. The van der Waals surface area contributed by atoms with E-state index in [1.54, 1.807) is 0 Å². The fourth-order valence-corrected chi connectivity index (χ4v) is 4.40. The first-order valence-corrected chi connectivity index (χ1v) is 12.3. The molecule has 8 heteroatoms. The maximum atomic E-state index is 6.07. The summed E-state index contributed by atoms with van der Waals surface area (Å²) in [6.45, 7) is 7.00. The summed E-state index contributed by atoms with van der Waals surface area (Å²) in [4.78, 5) is 13.1. The number of anilines is 2. The quantitative estimate of drug-likeness (QED) is 0.328. The molecular weight excluding hydrogens is 507 g/mol. The Morgan fingerprint density at radius 1 is 0.649 bits per heavy atom. The second-order valence-corrected chi connectivity index (χ2v) is 9.03. The van der Waals surface area contributed by atoms with E-state index in [1.807, 2.05) is 36.9 Å². The van der Waals surface area contributed by atoms with Crippen LogP contribution in [0.1, 0.15) is 29.5 Å². The second-order valence-electron chi connectivity index (χ2n) is 9.03. The van der Waals surface area contributed by atoms with Gasteiger partial charge in [0.2, 0.25) is 0 Å². The number of hydrogen-bond donors (Lipinski definition) is 0. The molecule has 3 aromatic rings. The first-order chi connectivity index (χ1) is 17.2. The topological polar surface area (TPSA) is 49.7 Å². The van der Waals surface area contributed by atoms with Crippen molar-refractivity contribution in [1.82, 2.24) is 0 Å². The zero-order valence-corrected chi connectivity index (χ0v) is 22.7. The summed E-state index contributed by atoms with van der Waals surface area (Å²) in [5.41, 5.74) is 5.76. The van der Waals surface area contributed by atoms with Crippen molar-refractivity contribution in [3.63, 3.8) is 0 Å². The monoisotopic (exact) mass is 540 g/mol. The summed E-state index contributed by atoms with van der Waals surface area (Å²) in [5, 5.41) is 0. The van der Waals surface area contributed by atoms with Crippen LogP contribution in [0, 0.1) is 6.92 Å². The highest BCUT2D eigenvalue weighted by Crippen LogP contribution is 2.23. The van der Waals surface area contributed by atoms with Gasteiger partial charge in [0, 0.05) is 37.6 Å². The third-order valence-corrected chi connectivity index (χ3v) is 6.16. The highest BCUT2D eigenvalue weighted by atomic mass is 35.5. The van der Waals surface area contributed by atoms with Gasteiger partial charge in [0.1, 0.15) is 24.7 Å². The molecule has 0 fully saturated rings. The summed E-state index contributed by atoms with van der Waals surface area (Å²) in [6.07, 6.45) is 6.03. The lowest BCUT2D eigenvalue weighted by Crippen LogP contribution is -2.26. The number of ether oxygens (including phenoxy) is 2. The van der Waals surface area contributed by atoms with E-state index >= 15 is 0 Å². The van der Waals surface area contributed by atoms with Crippen molar-refractivity contribution in [1.29, 1.82) is 0 Å². The fraction of sp³-hybridized carbons (Fsp3) is 0.310. The van der Waals surface area contributed by atoms with Gasteiger partial charge in [-0.15, -0.1) is 24.8 Å². The maximum absolute atomic E-state index is 6.07. The van der Waals surface area contributed by atoms with E-state index in [9.17, 15) is 0 Å². The maximum Gasteiger partial charge on any atom is 0.119 e. The Bertz CT molecular complexity index is 1090. The van der Waals surface area contributed by atoms with Crippen LogP contribution in [0.25, 0.3) is 0 Å². The van der Waals surface area contributed by atoms with E-state index in [1.165, 1.54) is 5.56 Å². The molecule has 0 spiro atoms. The molecule has 196 valence electrons. The summed E-state index contributed by atoms with van der Waals surface area (Å²) in [6, 6.07) is 22.9. The normalized spacial score (nSPS) is 14.5. The molecule has 0 bridgehead atoms. The molecule has 0 amide bonds. The minimum atomic E-state index is 0. The third-order valence-electron chi connectivity index (χ3n) is 6.16. The molecule has 0 radical (unpaired) electrons. The molecule has 0 unspecified atom stereocenters. The largest absolute Gasteiger partial charge is 0.489 e. The Hall–Kier alpha value is -3.22. The number of hydrogen-bond acceptors (Lipinski definition) is 6. The Labute approximate surface area is 231 Å². The van der Waals surface area contributed by atoms with Crippen molar-refractivity contribution in [2.24, 2.45) is 9.98 Å². The highest BCUT2D eigenvalue weighted by molar-refractivity contribution is 5.85. The van der Waals surface area contributed by atoms with E-state index in [0.717, 1.165) is 73.0 Å². The number of nitrogens with zero attached hydrogens (tertiary/aromatic N) is 4. The van der Waals surface area contributed by atoms with Gasteiger partial charge in [-0.2, -0.15) is 0 Å². The Balaban J connectivity index is 0.00000190. The molecule has 2 heterocycles. The van der Waals surface area contributed by atoms with Crippen LogP contribution in [-0.2, 0) is 13.2 Å². The molecule has 2 aliphatic heterocycles. The standard InChI is InChI=1S/C29H32N4O2.2ClH/c1-23-16-24(19-34-28-8-4-26(5-9-28)32-14-2-12-30-21-32)18-25(17-23)20-35-29-10-6-27(7-11-29)33-15-3-13-31-22-33;;/h4-11,16-18,21-22H,2-3,12-15,19-20H2,1H3;2*1H. The van der Waals surface area contributed by atoms with E-state index in [4.69, 9.17) is 9.47 Å². The molecule has 37 heavy (non-hydrogen) atoms. The fourth-order valence-electron chi connectivity index (χ4n) is 4.40. The first kappa shape index (κ1) is 28.4. The molecule has 0 saturated heterocycles. The molecule has 6 nitrogen and oxygen atoms in total. The first-order valence-electron chi connectivity index (χ1n) is 12.3.